The lowest BCUT2D eigenvalue weighted by molar-refractivity contribution is -0.274. The molecule has 1 aliphatic rings. The number of anilines is 1. The average molecular weight is 355 g/mol. The minimum absolute atomic E-state index is 0.0683. The van der Waals surface area contributed by atoms with Crippen LogP contribution in [0.3, 0.4) is 0 Å². The lowest BCUT2D eigenvalue weighted by Gasteiger charge is -2.34. The van der Waals surface area contributed by atoms with Crippen LogP contribution in [0.2, 0.25) is 0 Å². The lowest BCUT2D eigenvalue weighted by atomic mass is 10.1. The zero-order valence-corrected chi connectivity index (χ0v) is 12.8. The van der Waals surface area contributed by atoms with Gasteiger partial charge in [-0.15, -0.1) is 13.2 Å². The van der Waals surface area contributed by atoms with Crippen LogP contribution in [0.5, 0.6) is 5.75 Å². The van der Waals surface area contributed by atoms with Crippen molar-refractivity contribution in [1.29, 1.82) is 0 Å². The molecule has 0 saturated heterocycles. The molecule has 2 aromatic rings. The van der Waals surface area contributed by atoms with Gasteiger partial charge in [0.1, 0.15) is 17.0 Å². The van der Waals surface area contributed by atoms with E-state index in [1.54, 1.807) is 6.92 Å². The molecule has 0 bridgehead atoms. The monoisotopic (exact) mass is 355 g/mol. The van der Waals surface area contributed by atoms with E-state index in [9.17, 15) is 22.8 Å². The summed E-state index contributed by atoms with van der Waals surface area (Å²) in [5, 5.41) is 13.1. The lowest BCUT2D eigenvalue weighted by Crippen LogP contribution is -2.47. The second-order valence-corrected chi connectivity index (χ2v) is 5.46. The van der Waals surface area contributed by atoms with Gasteiger partial charge in [-0.25, -0.2) is 4.79 Å². The van der Waals surface area contributed by atoms with Gasteiger partial charge in [-0.3, -0.25) is 9.48 Å². The zero-order valence-electron chi connectivity index (χ0n) is 12.8. The van der Waals surface area contributed by atoms with E-state index in [0.717, 1.165) is 18.3 Å². The number of nitrogens with zero attached hydrogens (tertiary/aromatic N) is 3. The van der Waals surface area contributed by atoms with Crippen molar-refractivity contribution < 1.29 is 32.6 Å². The Kier molecular flexibility index (Phi) is 3.90. The Morgan fingerprint density at radius 3 is 2.52 bits per heavy atom. The summed E-state index contributed by atoms with van der Waals surface area (Å²) < 4.78 is 41.8. The number of ether oxygens (including phenoxy) is 1. The fraction of sp³-hybridized carbons (Fsp3) is 0.267. The van der Waals surface area contributed by atoms with Crippen LogP contribution in [0.25, 0.3) is 0 Å². The Morgan fingerprint density at radius 1 is 1.32 bits per heavy atom. The number of halogens is 3. The highest BCUT2D eigenvalue weighted by molar-refractivity contribution is 6.11. The van der Waals surface area contributed by atoms with E-state index >= 15 is 0 Å². The molecule has 25 heavy (non-hydrogen) atoms. The minimum Gasteiger partial charge on any atom is -0.478 e. The van der Waals surface area contributed by atoms with Crippen LogP contribution >= 0.6 is 0 Å². The van der Waals surface area contributed by atoms with Gasteiger partial charge in [-0.05, 0) is 31.2 Å². The van der Waals surface area contributed by atoms with Crippen LogP contribution in [0, 0.1) is 0 Å². The van der Waals surface area contributed by atoms with Crippen molar-refractivity contribution in [3.8, 4) is 5.75 Å². The molecule has 1 N–H and O–H groups in total. The van der Waals surface area contributed by atoms with Crippen LogP contribution < -0.4 is 9.64 Å². The third-order valence-corrected chi connectivity index (χ3v) is 3.72. The predicted octanol–water partition coefficient (Wildman–Crippen LogP) is 2.53. The van der Waals surface area contributed by atoms with Crippen LogP contribution in [0.1, 0.15) is 27.8 Å². The fourth-order valence-corrected chi connectivity index (χ4v) is 2.73. The molecular weight excluding hydrogens is 343 g/mol. The number of alkyl halides is 3. The third kappa shape index (κ3) is 3.14. The van der Waals surface area contributed by atoms with E-state index < -0.39 is 24.0 Å². The van der Waals surface area contributed by atoms with Gasteiger partial charge >= 0.3 is 12.3 Å². The van der Waals surface area contributed by atoms with Crippen molar-refractivity contribution in [3.63, 3.8) is 0 Å². The maximum Gasteiger partial charge on any atom is 0.573 e. The standard InChI is InChI=1S/C15H12F3N3O4/c1-8-7-20-12(11(6-19-20)14(23)24)13(22)21(8)9-2-4-10(5-3-9)25-15(16,17)18/h2-6,8H,7H2,1H3,(H,23,24)/t8-/m0/s1. The summed E-state index contributed by atoms with van der Waals surface area (Å²) in [6, 6.07) is 4.43. The number of amides is 1. The van der Waals surface area contributed by atoms with Crippen LogP contribution in [0.4, 0.5) is 18.9 Å². The topological polar surface area (TPSA) is 84.7 Å². The maximum absolute atomic E-state index is 12.7. The first-order chi connectivity index (χ1) is 11.7. The normalized spacial score (nSPS) is 17.4. The number of rotatable bonds is 3. The molecule has 7 nitrogen and oxygen atoms in total. The van der Waals surface area contributed by atoms with Gasteiger partial charge in [0, 0.05) is 5.69 Å². The van der Waals surface area contributed by atoms with E-state index in [1.165, 1.54) is 21.7 Å². The molecule has 1 aliphatic heterocycles. The number of aromatic nitrogens is 2. The number of carbonyl (C=O) groups excluding carboxylic acids is 1. The number of carbonyl (C=O) groups is 2. The Hall–Kier alpha value is -3.04. The fourth-order valence-electron chi connectivity index (χ4n) is 2.73. The summed E-state index contributed by atoms with van der Waals surface area (Å²) in [5.74, 6) is -2.28. The van der Waals surface area contributed by atoms with Gasteiger partial charge in [0.2, 0.25) is 0 Å². The van der Waals surface area contributed by atoms with E-state index in [0.29, 0.717) is 5.69 Å². The van der Waals surface area contributed by atoms with Crippen LogP contribution in [-0.2, 0) is 6.54 Å². The first-order valence-electron chi connectivity index (χ1n) is 7.16. The summed E-state index contributed by atoms with van der Waals surface area (Å²) in [6.45, 7) is 1.98. The van der Waals surface area contributed by atoms with Crippen LogP contribution in [0.15, 0.2) is 30.5 Å². The molecule has 0 saturated carbocycles. The molecule has 10 heteroatoms. The summed E-state index contributed by atoms with van der Waals surface area (Å²) in [6.07, 6.45) is -3.70. The molecule has 0 radical (unpaired) electrons. The number of fused-ring (bicyclic) bond motifs is 1. The molecule has 3 rings (SSSR count). The van der Waals surface area contributed by atoms with Crippen LogP contribution in [-0.4, -0.2) is 39.2 Å². The Morgan fingerprint density at radius 2 is 1.96 bits per heavy atom. The number of hydrogen-bond acceptors (Lipinski definition) is 4. The Bertz CT molecular complexity index is 830. The molecule has 1 aromatic carbocycles. The van der Waals surface area contributed by atoms with Gasteiger partial charge in [0.05, 0.1) is 18.8 Å². The van der Waals surface area contributed by atoms with Gasteiger partial charge in [0.15, 0.2) is 0 Å². The van der Waals surface area contributed by atoms with Gasteiger partial charge < -0.3 is 14.7 Å². The Labute approximate surface area is 139 Å². The molecular formula is C15H12F3N3O4. The zero-order chi connectivity index (χ0) is 18.4. The van der Waals surface area contributed by atoms with Gasteiger partial charge in [-0.2, -0.15) is 5.10 Å². The molecule has 0 aliphatic carbocycles. The summed E-state index contributed by atoms with van der Waals surface area (Å²) in [7, 11) is 0. The first kappa shape index (κ1) is 16.8. The van der Waals surface area contributed by atoms with Crippen molar-refractivity contribution in [2.75, 3.05) is 4.90 Å². The number of aromatic carboxylic acids is 1. The molecule has 0 spiro atoms. The minimum atomic E-state index is -4.81. The molecule has 2 heterocycles. The number of benzene rings is 1. The summed E-state index contributed by atoms with van der Waals surface area (Å²) >= 11 is 0. The van der Waals surface area contributed by atoms with E-state index in [4.69, 9.17) is 5.11 Å². The second kappa shape index (κ2) is 5.80. The van der Waals surface area contributed by atoms with Crippen molar-refractivity contribution in [2.24, 2.45) is 0 Å². The maximum atomic E-state index is 12.7. The SMILES string of the molecule is C[C@H]1Cn2ncc(C(=O)O)c2C(=O)N1c1ccc(OC(F)(F)F)cc1. The number of carboxylic acids is 1. The summed E-state index contributed by atoms with van der Waals surface area (Å²) in [4.78, 5) is 25.3. The number of hydrogen-bond donors (Lipinski definition) is 1. The second-order valence-electron chi connectivity index (χ2n) is 5.46. The predicted molar refractivity (Wildman–Crippen MR) is 78.6 cm³/mol. The highest BCUT2D eigenvalue weighted by Crippen LogP contribution is 2.29. The average Bonchev–Trinajstić information content (AvgIpc) is 2.91. The molecule has 0 unspecified atom stereocenters. The number of carboxylic acid groups (broad SMARTS) is 1. The molecule has 132 valence electrons. The first-order valence-corrected chi connectivity index (χ1v) is 7.16. The molecule has 0 fully saturated rings. The van der Waals surface area contributed by atoms with E-state index in [1.807, 2.05) is 0 Å². The highest BCUT2D eigenvalue weighted by atomic mass is 19.4. The van der Waals surface area contributed by atoms with E-state index in [2.05, 4.69) is 9.84 Å². The van der Waals surface area contributed by atoms with E-state index in [-0.39, 0.29) is 23.8 Å². The quantitative estimate of drug-likeness (QED) is 0.915. The molecule has 1 aromatic heterocycles. The highest BCUT2D eigenvalue weighted by Gasteiger charge is 2.36. The van der Waals surface area contributed by atoms with Gasteiger partial charge in [0.25, 0.3) is 5.91 Å². The Balaban J connectivity index is 1.93. The van der Waals surface area contributed by atoms with Gasteiger partial charge in [-0.1, -0.05) is 0 Å². The van der Waals surface area contributed by atoms with Crippen molar-refractivity contribution in [1.82, 2.24) is 9.78 Å². The molecule has 1 atom stereocenters. The van der Waals surface area contributed by atoms with Crippen molar-refractivity contribution >= 4 is 17.6 Å². The van der Waals surface area contributed by atoms with Crippen molar-refractivity contribution in [2.45, 2.75) is 25.9 Å². The largest absolute Gasteiger partial charge is 0.573 e. The van der Waals surface area contributed by atoms with Crippen molar-refractivity contribution in [3.05, 3.63) is 41.7 Å². The summed E-state index contributed by atoms with van der Waals surface area (Å²) in [5.41, 5.74) is 0.0379. The third-order valence-electron chi connectivity index (χ3n) is 3.72. The molecule has 1 amide bonds. The smallest absolute Gasteiger partial charge is 0.478 e.